The molecule has 0 radical (unpaired) electrons. The molecule has 8 heteroatoms. The number of aliphatic hydroxyl groups excluding tert-OH is 1. The highest BCUT2D eigenvalue weighted by molar-refractivity contribution is 7.89. The van der Waals surface area contributed by atoms with Crippen LogP contribution in [0.3, 0.4) is 0 Å². The summed E-state index contributed by atoms with van der Waals surface area (Å²) < 4.78 is 45.1. The maximum absolute atomic E-state index is 13.5. The van der Waals surface area contributed by atoms with Gasteiger partial charge in [-0.25, -0.2) is 17.5 Å². The van der Waals surface area contributed by atoms with E-state index in [9.17, 15) is 12.8 Å². The number of halogens is 2. The van der Waals surface area contributed by atoms with Gasteiger partial charge < -0.3 is 9.84 Å². The lowest BCUT2D eigenvalue weighted by Crippen LogP contribution is -2.27. The van der Waals surface area contributed by atoms with Crippen molar-refractivity contribution in [3.63, 3.8) is 0 Å². The Kier molecular flexibility index (Phi) is 7.55. The molecule has 0 spiro atoms. The predicted molar refractivity (Wildman–Crippen MR) is 78.2 cm³/mol. The standard InChI is InChI=1S/C13H19ClFNO4S/c1-2-3-5-20-6-4-16-21(18,19)11-7-10(9-17)13(14)12(15)8-11/h7-8,16-17H,2-6,9H2,1H3. The van der Waals surface area contributed by atoms with Crippen LogP contribution in [0.25, 0.3) is 0 Å². The van der Waals surface area contributed by atoms with E-state index >= 15 is 0 Å². The SMILES string of the molecule is CCCCOCCNS(=O)(=O)c1cc(F)c(Cl)c(CO)c1. The van der Waals surface area contributed by atoms with Crippen molar-refractivity contribution in [2.45, 2.75) is 31.3 Å². The van der Waals surface area contributed by atoms with Crippen LogP contribution in [0.2, 0.25) is 5.02 Å². The molecule has 0 unspecified atom stereocenters. The number of nitrogens with one attached hydrogen (secondary N) is 1. The van der Waals surface area contributed by atoms with Gasteiger partial charge in [-0.3, -0.25) is 0 Å². The van der Waals surface area contributed by atoms with E-state index in [1.165, 1.54) is 0 Å². The first-order chi connectivity index (χ1) is 9.92. The summed E-state index contributed by atoms with van der Waals surface area (Å²) in [5.74, 6) is -0.886. The monoisotopic (exact) mass is 339 g/mol. The van der Waals surface area contributed by atoms with Gasteiger partial charge in [-0.1, -0.05) is 24.9 Å². The zero-order chi connectivity index (χ0) is 15.9. The van der Waals surface area contributed by atoms with Crippen LogP contribution < -0.4 is 4.72 Å². The van der Waals surface area contributed by atoms with E-state index < -0.39 is 22.4 Å². The fourth-order valence-electron chi connectivity index (χ4n) is 1.57. The van der Waals surface area contributed by atoms with Gasteiger partial charge in [-0.2, -0.15) is 0 Å². The fourth-order valence-corrected chi connectivity index (χ4v) is 2.81. The van der Waals surface area contributed by atoms with Crippen molar-refractivity contribution in [1.29, 1.82) is 0 Å². The van der Waals surface area contributed by atoms with Gasteiger partial charge in [0.15, 0.2) is 0 Å². The van der Waals surface area contributed by atoms with Gasteiger partial charge in [0.2, 0.25) is 10.0 Å². The Morgan fingerprint density at radius 1 is 1.38 bits per heavy atom. The van der Waals surface area contributed by atoms with Gasteiger partial charge in [0.1, 0.15) is 5.82 Å². The quantitative estimate of drug-likeness (QED) is 0.675. The molecule has 5 nitrogen and oxygen atoms in total. The Morgan fingerprint density at radius 2 is 2.10 bits per heavy atom. The van der Waals surface area contributed by atoms with E-state index in [0.29, 0.717) is 6.61 Å². The van der Waals surface area contributed by atoms with Crippen molar-refractivity contribution in [1.82, 2.24) is 4.72 Å². The molecule has 1 aromatic rings. The molecule has 0 atom stereocenters. The number of rotatable bonds is 9. The van der Waals surface area contributed by atoms with Gasteiger partial charge in [-0.05, 0) is 18.6 Å². The zero-order valence-electron chi connectivity index (χ0n) is 11.7. The average molecular weight is 340 g/mol. The van der Waals surface area contributed by atoms with E-state index in [-0.39, 0.29) is 28.6 Å². The molecule has 0 bridgehead atoms. The fraction of sp³-hybridized carbons (Fsp3) is 0.538. The molecule has 2 N–H and O–H groups in total. The Labute approximate surface area is 129 Å². The maximum atomic E-state index is 13.5. The number of benzene rings is 1. The lowest BCUT2D eigenvalue weighted by atomic mass is 10.2. The Hall–Kier alpha value is -0.730. The van der Waals surface area contributed by atoms with Crippen LogP contribution in [0.4, 0.5) is 4.39 Å². The normalized spacial score (nSPS) is 11.8. The van der Waals surface area contributed by atoms with E-state index in [2.05, 4.69) is 4.72 Å². The Balaban J connectivity index is 2.68. The average Bonchev–Trinajstić information content (AvgIpc) is 2.45. The number of ether oxygens (including phenoxy) is 1. The van der Waals surface area contributed by atoms with E-state index in [1.807, 2.05) is 6.92 Å². The van der Waals surface area contributed by atoms with Gasteiger partial charge in [0.25, 0.3) is 0 Å². The van der Waals surface area contributed by atoms with Crippen molar-refractivity contribution in [2.75, 3.05) is 19.8 Å². The third-order valence-electron chi connectivity index (χ3n) is 2.74. The summed E-state index contributed by atoms with van der Waals surface area (Å²) in [6.45, 7) is 2.38. The van der Waals surface area contributed by atoms with Gasteiger partial charge >= 0.3 is 0 Å². The van der Waals surface area contributed by atoms with Crippen LogP contribution in [-0.2, 0) is 21.4 Å². The van der Waals surface area contributed by atoms with Crippen molar-refractivity contribution < 1.29 is 22.7 Å². The number of aliphatic hydroxyl groups is 1. The molecule has 120 valence electrons. The molecule has 1 rings (SSSR count). The molecular formula is C13H19ClFNO4S. The van der Waals surface area contributed by atoms with E-state index in [1.54, 1.807) is 0 Å². The zero-order valence-corrected chi connectivity index (χ0v) is 13.3. The molecular weight excluding hydrogens is 321 g/mol. The molecule has 0 saturated heterocycles. The second kappa shape index (κ2) is 8.65. The highest BCUT2D eigenvalue weighted by Crippen LogP contribution is 2.24. The number of hydrogen-bond donors (Lipinski definition) is 2. The molecule has 21 heavy (non-hydrogen) atoms. The minimum absolute atomic E-state index is 0.0243. The lowest BCUT2D eigenvalue weighted by molar-refractivity contribution is 0.136. The van der Waals surface area contributed by atoms with Crippen molar-refractivity contribution in [3.05, 3.63) is 28.5 Å². The van der Waals surface area contributed by atoms with Crippen LogP contribution in [0.5, 0.6) is 0 Å². The number of hydrogen-bond acceptors (Lipinski definition) is 4. The molecule has 0 amide bonds. The van der Waals surface area contributed by atoms with E-state index in [0.717, 1.165) is 25.0 Å². The Bertz CT molecular complexity index is 566. The summed E-state index contributed by atoms with van der Waals surface area (Å²) in [4.78, 5) is -0.276. The smallest absolute Gasteiger partial charge is 0.240 e. The van der Waals surface area contributed by atoms with Crippen LogP contribution in [-0.4, -0.2) is 33.3 Å². The van der Waals surface area contributed by atoms with Gasteiger partial charge in [0, 0.05) is 18.7 Å². The van der Waals surface area contributed by atoms with Crippen LogP contribution >= 0.6 is 11.6 Å². The maximum Gasteiger partial charge on any atom is 0.240 e. The van der Waals surface area contributed by atoms with Gasteiger partial charge in [0.05, 0.1) is 23.1 Å². The topological polar surface area (TPSA) is 75.6 Å². The second-order valence-electron chi connectivity index (χ2n) is 4.40. The van der Waals surface area contributed by atoms with Crippen molar-refractivity contribution >= 4 is 21.6 Å². The first-order valence-electron chi connectivity index (χ1n) is 6.58. The minimum atomic E-state index is -3.86. The van der Waals surface area contributed by atoms with E-state index in [4.69, 9.17) is 21.4 Å². The number of unbranched alkanes of at least 4 members (excludes halogenated alkanes) is 1. The number of sulfonamides is 1. The largest absolute Gasteiger partial charge is 0.392 e. The Morgan fingerprint density at radius 3 is 2.71 bits per heavy atom. The molecule has 0 aliphatic heterocycles. The molecule has 1 aromatic carbocycles. The molecule has 0 saturated carbocycles. The molecule has 0 aliphatic carbocycles. The first-order valence-corrected chi connectivity index (χ1v) is 8.44. The highest BCUT2D eigenvalue weighted by atomic mass is 35.5. The summed E-state index contributed by atoms with van der Waals surface area (Å²) in [7, 11) is -3.86. The summed E-state index contributed by atoms with van der Waals surface area (Å²) in [6, 6.07) is 1.97. The van der Waals surface area contributed by atoms with Crippen molar-refractivity contribution in [2.24, 2.45) is 0 Å². The second-order valence-corrected chi connectivity index (χ2v) is 6.54. The first kappa shape index (κ1) is 18.3. The molecule has 0 aromatic heterocycles. The van der Waals surface area contributed by atoms with Gasteiger partial charge in [-0.15, -0.1) is 0 Å². The molecule has 0 aliphatic rings. The third kappa shape index (κ3) is 5.52. The molecule has 0 heterocycles. The summed E-state index contributed by atoms with van der Waals surface area (Å²) in [6.07, 6.45) is 1.91. The summed E-state index contributed by atoms with van der Waals surface area (Å²) in [5.41, 5.74) is 0.0243. The van der Waals surface area contributed by atoms with Crippen molar-refractivity contribution in [3.8, 4) is 0 Å². The third-order valence-corrected chi connectivity index (χ3v) is 4.60. The molecule has 0 fully saturated rings. The highest BCUT2D eigenvalue weighted by Gasteiger charge is 2.18. The summed E-state index contributed by atoms with van der Waals surface area (Å²) >= 11 is 5.62. The van der Waals surface area contributed by atoms with Crippen LogP contribution in [0, 0.1) is 5.82 Å². The van der Waals surface area contributed by atoms with Crippen LogP contribution in [0.1, 0.15) is 25.3 Å². The lowest BCUT2D eigenvalue weighted by Gasteiger charge is -2.10. The summed E-state index contributed by atoms with van der Waals surface area (Å²) in [5, 5.41) is 8.76. The minimum Gasteiger partial charge on any atom is -0.392 e. The van der Waals surface area contributed by atoms with Crippen LogP contribution in [0.15, 0.2) is 17.0 Å². The predicted octanol–water partition coefficient (Wildman–Crippen LogP) is 2.07.